The fraction of sp³-hybridized carbons (Fsp3) is 0.529. The zero-order chi connectivity index (χ0) is 19.7. The SMILES string of the molecule is CCOc1ccc(S(=O)(=O)NCCC(=O)N[C@H](C(=O)O)[C@@H](C)CC)cc1. The number of sulfonamides is 1. The van der Waals surface area contributed by atoms with E-state index in [4.69, 9.17) is 9.84 Å². The predicted molar refractivity (Wildman–Crippen MR) is 96.4 cm³/mol. The van der Waals surface area contributed by atoms with Crippen molar-refractivity contribution in [2.24, 2.45) is 5.92 Å². The van der Waals surface area contributed by atoms with Crippen molar-refractivity contribution >= 4 is 21.9 Å². The van der Waals surface area contributed by atoms with Gasteiger partial charge in [0.05, 0.1) is 11.5 Å². The molecule has 0 fully saturated rings. The van der Waals surface area contributed by atoms with Crippen LogP contribution in [0.4, 0.5) is 0 Å². The van der Waals surface area contributed by atoms with Gasteiger partial charge in [-0.3, -0.25) is 4.79 Å². The standard InChI is InChI=1S/C17H26N2O6S/c1-4-12(3)16(17(21)22)19-15(20)10-11-18-26(23,24)14-8-6-13(7-9-14)25-5-2/h6-9,12,16,18H,4-5,10-11H2,1-3H3,(H,19,20)(H,21,22)/t12-,16-/m0/s1. The lowest BCUT2D eigenvalue weighted by molar-refractivity contribution is -0.143. The molecular weight excluding hydrogens is 360 g/mol. The third-order valence-corrected chi connectivity index (χ3v) is 5.36. The molecule has 1 aromatic rings. The molecule has 3 N–H and O–H groups in total. The Morgan fingerprint density at radius 2 is 1.81 bits per heavy atom. The largest absolute Gasteiger partial charge is 0.494 e. The number of carboxylic acids is 1. The highest BCUT2D eigenvalue weighted by Crippen LogP contribution is 2.15. The molecule has 1 amide bonds. The van der Waals surface area contributed by atoms with E-state index >= 15 is 0 Å². The summed E-state index contributed by atoms with van der Waals surface area (Å²) in [6, 6.07) is 4.94. The lowest BCUT2D eigenvalue weighted by atomic mass is 9.99. The maximum Gasteiger partial charge on any atom is 0.326 e. The Hall–Kier alpha value is -2.13. The van der Waals surface area contributed by atoms with Crippen LogP contribution in [-0.4, -0.2) is 44.6 Å². The van der Waals surface area contributed by atoms with Crippen molar-refractivity contribution in [1.82, 2.24) is 10.0 Å². The summed E-state index contributed by atoms with van der Waals surface area (Å²) >= 11 is 0. The third-order valence-electron chi connectivity index (χ3n) is 3.88. The number of carbonyl (C=O) groups excluding carboxylic acids is 1. The minimum Gasteiger partial charge on any atom is -0.494 e. The van der Waals surface area contributed by atoms with Crippen LogP contribution >= 0.6 is 0 Å². The van der Waals surface area contributed by atoms with Crippen molar-refractivity contribution in [3.63, 3.8) is 0 Å². The zero-order valence-electron chi connectivity index (χ0n) is 15.2. The van der Waals surface area contributed by atoms with Gasteiger partial charge in [0.15, 0.2) is 0 Å². The maximum absolute atomic E-state index is 12.2. The van der Waals surface area contributed by atoms with Gasteiger partial charge in [0.2, 0.25) is 15.9 Å². The number of hydrogen-bond donors (Lipinski definition) is 3. The van der Waals surface area contributed by atoms with Crippen molar-refractivity contribution in [2.45, 2.75) is 44.6 Å². The van der Waals surface area contributed by atoms with Crippen LogP contribution in [0.3, 0.4) is 0 Å². The minimum absolute atomic E-state index is 0.0596. The summed E-state index contributed by atoms with van der Waals surface area (Å²) in [6.45, 7) is 5.74. The van der Waals surface area contributed by atoms with E-state index in [1.807, 2.05) is 13.8 Å². The molecular formula is C17H26N2O6S. The molecule has 0 heterocycles. The van der Waals surface area contributed by atoms with Crippen molar-refractivity contribution in [3.8, 4) is 5.75 Å². The van der Waals surface area contributed by atoms with Gasteiger partial charge in [0.25, 0.3) is 0 Å². The quantitative estimate of drug-likeness (QED) is 0.528. The van der Waals surface area contributed by atoms with E-state index in [2.05, 4.69) is 10.0 Å². The van der Waals surface area contributed by atoms with Crippen LogP contribution in [0.1, 0.15) is 33.6 Å². The van der Waals surface area contributed by atoms with E-state index in [9.17, 15) is 18.0 Å². The minimum atomic E-state index is -3.76. The second-order valence-corrected chi connectivity index (χ2v) is 7.59. The molecule has 26 heavy (non-hydrogen) atoms. The summed E-state index contributed by atoms with van der Waals surface area (Å²) in [5.41, 5.74) is 0. The van der Waals surface area contributed by atoms with Gasteiger partial charge < -0.3 is 15.2 Å². The molecule has 0 aliphatic rings. The highest BCUT2D eigenvalue weighted by atomic mass is 32.2. The van der Waals surface area contributed by atoms with Crippen molar-refractivity contribution in [2.75, 3.05) is 13.2 Å². The van der Waals surface area contributed by atoms with Crippen molar-refractivity contribution in [3.05, 3.63) is 24.3 Å². The summed E-state index contributed by atoms with van der Waals surface area (Å²) in [5.74, 6) is -1.29. The number of carbonyl (C=O) groups is 2. The van der Waals surface area contributed by atoms with Crippen LogP contribution in [0.25, 0.3) is 0 Å². The molecule has 146 valence electrons. The Kier molecular flexibility index (Phi) is 8.53. The Morgan fingerprint density at radius 1 is 1.19 bits per heavy atom. The number of rotatable bonds is 11. The fourth-order valence-corrected chi connectivity index (χ4v) is 3.22. The first-order chi connectivity index (χ1) is 12.2. The molecule has 1 rings (SSSR count). The fourth-order valence-electron chi connectivity index (χ4n) is 2.19. The number of ether oxygens (including phenoxy) is 1. The highest BCUT2D eigenvalue weighted by molar-refractivity contribution is 7.89. The zero-order valence-corrected chi connectivity index (χ0v) is 16.0. The molecule has 0 aliphatic heterocycles. The predicted octanol–water partition coefficient (Wildman–Crippen LogP) is 1.37. The molecule has 0 saturated carbocycles. The molecule has 0 spiro atoms. The van der Waals surface area contributed by atoms with Gasteiger partial charge in [-0.25, -0.2) is 17.9 Å². The van der Waals surface area contributed by atoms with Gasteiger partial charge in [-0.15, -0.1) is 0 Å². The average Bonchev–Trinajstić information content (AvgIpc) is 2.59. The van der Waals surface area contributed by atoms with Crippen LogP contribution in [-0.2, 0) is 19.6 Å². The highest BCUT2D eigenvalue weighted by Gasteiger charge is 2.25. The van der Waals surface area contributed by atoms with Gasteiger partial charge in [-0.1, -0.05) is 20.3 Å². The summed E-state index contributed by atoms with van der Waals surface area (Å²) in [5, 5.41) is 11.6. The summed E-state index contributed by atoms with van der Waals surface area (Å²) in [6.07, 6.45) is 0.443. The first kappa shape index (κ1) is 21.9. The van der Waals surface area contributed by atoms with Gasteiger partial charge in [-0.05, 0) is 37.1 Å². The van der Waals surface area contributed by atoms with Gasteiger partial charge in [-0.2, -0.15) is 0 Å². The topological polar surface area (TPSA) is 122 Å². The Balaban J connectivity index is 2.57. The molecule has 1 aromatic carbocycles. The molecule has 0 unspecified atom stereocenters. The van der Waals surface area contributed by atoms with Gasteiger partial charge in [0, 0.05) is 13.0 Å². The van der Waals surface area contributed by atoms with Crippen LogP contribution in [0.5, 0.6) is 5.75 Å². The first-order valence-corrected chi connectivity index (χ1v) is 9.94. The summed E-state index contributed by atoms with van der Waals surface area (Å²) in [7, 11) is -3.76. The smallest absolute Gasteiger partial charge is 0.326 e. The van der Waals surface area contributed by atoms with E-state index in [0.717, 1.165) is 0 Å². The monoisotopic (exact) mass is 386 g/mol. The molecule has 8 nitrogen and oxygen atoms in total. The Morgan fingerprint density at radius 3 is 2.31 bits per heavy atom. The van der Waals surface area contributed by atoms with Crippen molar-refractivity contribution < 1.29 is 27.9 Å². The van der Waals surface area contributed by atoms with E-state index in [1.165, 1.54) is 12.1 Å². The van der Waals surface area contributed by atoms with Crippen LogP contribution in [0.15, 0.2) is 29.2 Å². The summed E-state index contributed by atoms with van der Waals surface area (Å²) < 4.78 is 32.0. The average molecular weight is 386 g/mol. The Bertz CT molecular complexity index is 702. The van der Waals surface area contributed by atoms with E-state index in [-0.39, 0.29) is 23.8 Å². The number of nitrogens with one attached hydrogen (secondary N) is 2. The number of aliphatic carboxylic acids is 1. The molecule has 0 saturated heterocycles. The number of hydrogen-bond acceptors (Lipinski definition) is 5. The Labute approximate surface area is 154 Å². The number of carboxylic acid groups (broad SMARTS) is 1. The molecule has 0 aromatic heterocycles. The van der Waals surface area contributed by atoms with E-state index < -0.39 is 27.9 Å². The normalized spacial score (nSPS) is 13.7. The molecule has 0 aliphatic carbocycles. The van der Waals surface area contributed by atoms with Crippen LogP contribution < -0.4 is 14.8 Å². The molecule has 2 atom stereocenters. The van der Waals surface area contributed by atoms with Crippen LogP contribution in [0, 0.1) is 5.92 Å². The lowest BCUT2D eigenvalue weighted by Crippen LogP contribution is -2.45. The van der Waals surface area contributed by atoms with E-state index in [1.54, 1.807) is 19.1 Å². The molecule has 0 bridgehead atoms. The van der Waals surface area contributed by atoms with E-state index in [0.29, 0.717) is 18.8 Å². The van der Waals surface area contributed by atoms with Gasteiger partial charge >= 0.3 is 5.97 Å². The van der Waals surface area contributed by atoms with Gasteiger partial charge in [0.1, 0.15) is 11.8 Å². The third kappa shape index (κ3) is 6.64. The maximum atomic E-state index is 12.2. The second-order valence-electron chi connectivity index (χ2n) is 5.82. The summed E-state index contributed by atoms with van der Waals surface area (Å²) in [4.78, 5) is 23.1. The second kappa shape index (κ2) is 10.1. The number of benzene rings is 1. The van der Waals surface area contributed by atoms with Crippen molar-refractivity contribution in [1.29, 1.82) is 0 Å². The van der Waals surface area contributed by atoms with Crippen LogP contribution in [0.2, 0.25) is 0 Å². The molecule has 0 radical (unpaired) electrons. The first-order valence-electron chi connectivity index (χ1n) is 8.46. The molecule has 9 heteroatoms. The lowest BCUT2D eigenvalue weighted by Gasteiger charge is -2.20. The number of amides is 1.